The number of nitrogens with two attached hydrogens (primary N) is 1. The summed E-state index contributed by atoms with van der Waals surface area (Å²) in [7, 11) is 0. The summed E-state index contributed by atoms with van der Waals surface area (Å²) in [6, 6.07) is 11.5. The van der Waals surface area contributed by atoms with Crippen molar-refractivity contribution >= 4 is 21.8 Å². The van der Waals surface area contributed by atoms with Gasteiger partial charge in [0.05, 0.1) is 0 Å². The van der Waals surface area contributed by atoms with Crippen LogP contribution in [-0.4, -0.2) is 23.6 Å². The number of aryl methyl sites for hydroxylation is 1. The third-order valence-corrected chi connectivity index (χ3v) is 5.46. The number of hydrogen-bond donors (Lipinski definition) is 2. The number of carbonyl (C=O) groups excluding carboxylic acids is 1. The summed E-state index contributed by atoms with van der Waals surface area (Å²) in [6.07, 6.45) is 0.667. The van der Waals surface area contributed by atoms with E-state index in [0.29, 0.717) is 36.5 Å². The Hall–Kier alpha value is -3.04. The van der Waals surface area contributed by atoms with Crippen LogP contribution in [0.15, 0.2) is 57.8 Å². The molecule has 0 bridgehead atoms. The van der Waals surface area contributed by atoms with Crippen molar-refractivity contribution in [3.8, 4) is 11.4 Å². The van der Waals surface area contributed by atoms with Gasteiger partial charge in [0.2, 0.25) is 0 Å². The predicted octanol–water partition coefficient (Wildman–Crippen LogP) is 3.84. The molecule has 3 aromatic rings. The minimum absolute atomic E-state index is 0.142. The lowest BCUT2D eigenvalue weighted by Crippen LogP contribution is -2.26. The summed E-state index contributed by atoms with van der Waals surface area (Å²) in [6.45, 7) is 2.48. The maximum absolute atomic E-state index is 13.9. The summed E-state index contributed by atoms with van der Waals surface area (Å²) in [5, 5.41) is 2.78. The molecule has 0 radical (unpaired) electrons. The third-order valence-electron chi connectivity index (χ3n) is 4.73. The Bertz CT molecular complexity index is 1200. The van der Waals surface area contributed by atoms with Crippen LogP contribution in [0.25, 0.3) is 5.69 Å². The zero-order valence-electron chi connectivity index (χ0n) is 17.3. The van der Waals surface area contributed by atoms with Crippen LogP contribution in [0, 0.1) is 18.6 Å². The molecule has 0 aliphatic carbocycles. The highest BCUT2D eigenvalue weighted by Gasteiger charge is 2.16. The van der Waals surface area contributed by atoms with Gasteiger partial charge in [-0.3, -0.25) is 14.2 Å². The number of carbonyl (C=O) groups is 1. The van der Waals surface area contributed by atoms with E-state index in [-0.39, 0.29) is 28.3 Å². The summed E-state index contributed by atoms with van der Waals surface area (Å²) in [5.41, 5.74) is 6.67. The quantitative estimate of drug-likeness (QED) is 0.455. The van der Waals surface area contributed by atoms with Crippen LogP contribution in [0.2, 0.25) is 0 Å². The highest BCUT2D eigenvalue weighted by Crippen LogP contribution is 2.25. The Balaban J connectivity index is 1.86. The summed E-state index contributed by atoms with van der Waals surface area (Å²) in [5.74, 6) is -1.44. The lowest BCUT2D eigenvalue weighted by Gasteiger charge is -2.15. The van der Waals surface area contributed by atoms with Crippen molar-refractivity contribution in [1.82, 2.24) is 9.88 Å². The Morgan fingerprint density at radius 1 is 1.19 bits per heavy atom. The second kappa shape index (κ2) is 10.5. The molecule has 0 atom stereocenters. The average molecular weight is 506 g/mol. The Morgan fingerprint density at radius 3 is 2.69 bits per heavy atom. The number of pyridine rings is 1. The summed E-state index contributed by atoms with van der Waals surface area (Å²) < 4.78 is 34.1. The minimum atomic E-state index is -0.729. The first kappa shape index (κ1) is 23.6. The van der Waals surface area contributed by atoms with Crippen molar-refractivity contribution < 1.29 is 18.3 Å². The molecular formula is C23H22BrF2N3O3. The summed E-state index contributed by atoms with van der Waals surface area (Å²) in [4.78, 5) is 25.4. The topological polar surface area (TPSA) is 86.3 Å². The normalized spacial score (nSPS) is 10.8. The lowest BCUT2D eigenvalue weighted by molar-refractivity contribution is 0.0953. The van der Waals surface area contributed by atoms with Gasteiger partial charge in [0.15, 0.2) is 0 Å². The molecule has 0 saturated heterocycles. The smallest absolute Gasteiger partial charge is 0.273 e. The molecule has 0 fully saturated rings. The van der Waals surface area contributed by atoms with Gasteiger partial charge in [0.1, 0.15) is 28.5 Å². The molecule has 0 spiro atoms. The van der Waals surface area contributed by atoms with E-state index in [1.165, 1.54) is 10.6 Å². The van der Waals surface area contributed by atoms with Gasteiger partial charge < -0.3 is 15.8 Å². The van der Waals surface area contributed by atoms with Gasteiger partial charge in [-0.1, -0.05) is 6.07 Å². The van der Waals surface area contributed by atoms with E-state index in [9.17, 15) is 18.4 Å². The van der Waals surface area contributed by atoms with E-state index >= 15 is 0 Å². The van der Waals surface area contributed by atoms with Crippen LogP contribution in [-0.2, 0) is 6.61 Å². The Labute approximate surface area is 192 Å². The standard InChI is InChI=1S/C23H22BrF2N3O3/c1-14-10-20(32-13-16-6-7-17(25)12-19(16)26)21(24)23(31)29(14)18-5-2-4-15(11-18)22(30)28-9-3-8-27/h2,4-7,10-12H,3,8-9,13,27H2,1H3,(H,28,30). The van der Waals surface area contributed by atoms with E-state index in [2.05, 4.69) is 21.2 Å². The molecule has 1 amide bonds. The van der Waals surface area contributed by atoms with Crippen molar-refractivity contribution in [3.05, 3.63) is 91.8 Å². The molecule has 0 aliphatic rings. The third kappa shape index (κ3) is 5.41. The second-order valence-electron chi connectivity index (χ2n) is 7.08. The monoisotopic (exact) mass is 505 g/mol. The van der Waals surface area contributed by atoms with Gasteiger partial charge in [-0.05, 0) is 66.2 Å². The fraction of sp³-hybridized carbons (Fsp3) is 0.217. The van der Waals surface area contributed by atoms with Crippen molar-refractivity contribution in [2.45, 2.75) is 20.0 Å². The van der Waals surface area contributed by atoms with Crippen molar-refractivity contribution in [3.63, 3.8) is 0 Å². The number of nitrogens with zero attached hydrogens (tertiary/aromatic N) is 1. The number of rotatable bonds is 8. The fourth-order valence-electron chi connectivity index (χ4n) is 3.09. The first-order chi connectivity index (χ1) is 15.3. The zero-order valence-corrected chi connectivity index (χ0v) is 18.9. The molecule has 0 saturated carbocycles. The van der Waals surface area contributed by atoms with Crippen molar-refractivity contribution in [1.29, 1.82) is 0 Å². The molecule has 168 valence electrons. The molecule has 9 heteroatoms. The lowest BCUT2D eigenvalue weighted by atomic mass is 10.1. The number of hydrogen-bond acceptors (Lipinski definition) is 4. The number of aromatic nitrogens is 1. The van der Waals surface area contributed by atoms with E-state index in [4.69, 9.17) is 10.5 Å². The minimum Gasteiger partial charge on any atom is -0.487 e. The highest BCUT2D eigenvalue weighted by molar-refractivity contribution is 9.10. The molecule has 2 aromatic carbocycles. The van der Waals surface area contributed by atoms with Crippen LogP contribution in [0.4, 0.5) is 8.78 Å². The van der Waals surface area contributed by atoms with Crippen LogP contribution in [0.3, 0.4) is 0 Å². The molecule has 3 rings (SSSR count). The predicted molar refractivity (Wildman–Crippen MR) is 121 cm³/mol. The molecule has 0 aliphatic heterocycles. The van der Waals surface area contributed by atoms with Gasteiger partial charge >= 0.3 is 0 Å². The van der Waals surface area contributed by atoms with Crippen molar-refractivity contribution in [2.24, 2.45) is 5.73 Å². The maximum atomic E-state index is 13.9. The van der Waals surface area contributed by atoms with Crippen LogP contribution < -0.4 is 21.3 Å². The van der Waals surface area contributed by atoms with E-state index in [0.717, 1.165) is 12.1 Å². The van der Waals surface area contributed by atoms with Gasteiger partial charge in [0.25, 0.3) is 11.5 Å². The fourth-order valence-corrected chi connectivity index (χ4v) is 3.50. The average Bonchev–Trinajstić information content (AvgIpc) is 2.76. The first-order valence-electron chi connectivity index (χ1n) is 9.89. The van der Waals surface area contributed by atoms with Gasteiger partial charge in [0, 0.05) is 41.2 Å². The zero-order chi connectivity index (χ0) is 23.3. The largest absolute Gasteiger partial charge is 0.487 e. The van der Waals surface area contributed by atoms with Gasteiger partial charge in [-0.25, -0.2) is 8.78 Å². The number of benzene rings is 2. The molecule has 1 aromatic heterocycles. The number of ether oxygens (including phenoxy) is 1. The van der Waals surface area contributed by atoms with Crippen LogP contribution >= 0.6 is 15.9 Å². The molecular weight excluding hydrogens is 484 g/mol. The van der Waals surface area contributed by atoms with Crippen LogP contribution in [0.1, 0.15) is 28.0 Å². The summed E-state index contributed by atoms with van der Waals surface area (Å²) >= 11 is 3.25. The Morgan fingerprint density at radius 2 is 1.97 bits per heavy atom. The molecule has 0 unspecified atom stereocenters. The molecule has 6 nitrogen and oxygen atoms in total. The number of halogens is 3. The van der Waals surface area contributed by atoms with Gasteiger partial charge in [-0.15, -0.1) is 0 Å². The first-order valence-corrected chi connectivity index (χ1v) is 10.7. The van der Waals surface area contributed by atoms with E-state index in [1.54, 1.807) is 37.3 Å². The van der Waals surface area contributed by atoms with Crippen LogP contribution in [0.5, 0.6) is 5.75 Å². The Kier molecular flexibility index (Phi) is 7.76. The molecule has 3 N–H and O–H groups in total. The van der Waals surface area contributed by atoms with Crippen molar-refractivity contribution in [2.75, 3.05) is 13.1 Å². The number of nitrogens with one attached hydrogen (secondary N) is 1. The highest BCUT2D eigenvalue weighted by atomic mass is 79.9. The maximum Gasteiger partial charge on any atom is 0.273 e. The SMILES string of the molecule is Cc1cc(OCc2ccc(F)cc2F)c(Br)c(=O)n1-c1cccc(C(=O)NCCCN)c1. The van der Waals surface area contributed by atoms with E-state index in [1.807, 2.05) is 0 Å². The molecule has 32 heavy (non-hydrogen) atoms. The van der Waals surface area contributed by atoms with Gasteiger partial charge in [-0.2, -0.15) is 0 Å². The number of amides is 1. The second-order valence-corrected chi connectivity index (χ2v) is 7.87. The molecule has 1 heterocycles. The van der Waals surface area contributed by atoms with E-state index < -0.39 is 17.2 Å².